The molecule has 1 aliphatic rings. The van der Waals surface area contributed by atoms with Crippen LogP contribution in [-0.4, -0.2) is 43.9 Å². The van der Waals surface area contributed by atoms with Crippen molar-refractivity contribution in [1.82, 2.24) is 14.9 Å². The van der Waals surface area contributed by atoms with Gasteiger partial charge in [-0.15, -0.1) is 0 Å². The van der Waals surface area contributed by atoms with E-state index in [1.54, 1.807) is 37.2 Å². The largest absolute Gasteiger partial charge is 0.491 e. The van der Waals surface area contributed by atoms with Gasteiger partial charge in [0.05, 0.1) is 22.2 Å². The Morgan fingerprint density at radius 1 is 1.08 bits per heavy atom. The summed E-state index contributed by atoms with van der Waals surface area (Å²) in [5, 5.41) is 0. The first-order valence-electron chi connectivity index (χ1n) is 12.3. The lowest BCUT2D eigenvalue weighted by molar-refractivity contribution is 0.0731. The summed E-state index contributed by atoms with van der Waals surface area (Å²) < 4.78 is 33.4. The first-order chi connectivity index (χ1) is 18.0. The molecule has 8 heteroatoms. The van der Waals surface area contributed by atoms with E-state index in [0.29, 0.717) is 43.0 Å². The topological polar surface area (TPSA) is 75.3 Å². The average molecular weight is 518 g/mol. The molecule has 5 rings (SSSR count). The Bertz CT molecular complexity index is 1450. The number of aromatic nitrogens is 2. The van der Waals surface area contributed by atoms with Crippen LogP contribution in [0.2, 0.25) is 0 Å². The SMILES string of the molecule is CCc1c(C(=O)N2CCOc3ccc(-c4ccc(-c5ncc[nH]5)cc4)cc3C2)ccc(S(=O)CC)c1F. The number of H-pyrrole nitrogens is 1. The Labute approximate surface area is 218 Å². The Balaban J connectivity index is 1.42. The molecule has 190 valence electrons. The first-order valence-corrected chi connectivity index (χ1v) is 13.7. The minimum atomic E-state index is -1.43. The Morgan fingerprint density at radius 3 is 2.54 bits per heavy atom. The van der Waals surface area contributed by atoms with Crippen molar-refractivity contribution in [3.8, 4) is 28.3 Å². The average Bonchev–Trinajstić information content (AvgIpc) is 3.39. The minimum absolute atomic E-state index is 0.156. The summed E-state index contributed by atoms with van der Waals surface area (Å²) in [6, 6.07) is 17.2. The normalized spacial score (nSPS) is 14.0. The van der Waals surface area contributed by atoms with Crippen molar-refractivity contribution >= 4 is 16.7 Å². The summed E-state index contributed by atoms with van der Waals surface area (Å²) in [6.45, 7) is 4.63. The van der Waals surface area contributed by atoms with Gasteiger partial charge in [0.15, 0.2) is 0 Å². The highest BCUT2D eigenvalue weighted by atomic mass is 32.2. The molecule has 0 aliphatic carbocycles. The number of fused-ring (bicyclic) bond motifs is 1. The van der Waals surface area contributed by atoms with Crippen LogP contribution in [0.15, 0.2) is 71.9 Å². The number of imidazole rings is 1. The van der Waals surface area contributed by atoms with E-state index in [9.17, 15) is 9.00 Å². The number of aromatic amines is 1. The fraction of sp³-hybridized carbons (Fsp3) is 0.241. The van der Waals surface area contributed by atoms with Gasteiger partial charge in [0, 0.05) is 46.9 Å². The van der Waals surface area contributed by atoms with Crippen LogP contribution in [0.25, 0.3) is 22.5 Å². The van der Waals surface area contributed by atoms with Gasteiger partial charge in [-0.05, 0) is 41.8 Å². The minimum Gasteiger partial charge on any atom is -0.491 e. The van der Waals surface area contributed by atoms with Crippen molar-refractivity contribution in [1.29, 1.82) is 0 Å². The van der Waals surface area contributed by atoms with Gasteiger partial charge in [-0.3, -0.25) is 9.00 Å². The summed E-state index contributed by atoms with van der Waals surface area (Å²) in [6.07, 6.45) is 3.85. The van der Waals surface area contributed by atoms with Crippen molar-refractivity contribution in [2.45, 2.75) is 31.7 Å². The zero-order valence-electron chi connectivity index (χ0n) is 20.8. The molecule has 4 aromatic rings. The second-order valence-corrected chi connectivity index (χ2v) is 10.5. The molecule has 1 amide bonds. The summed E-state index contributed by atoms with van der Waals surface area (Å²) in [4.78, 5) is 22.8. The van der Waals surface area contributed by atoms with Crippen molar-refractivity contribution in [3.63, 3.8) is 0 Å². The zero-order chi connectivity index (χ0) is 25.9. The highest BCUT2D eigenvalue weighted by molar-refractivity contribution is 7.85. The molecular formula is C29H28FN3O3S. The van der Waals surface area contributed by atoms with Crippen LogP contribution in [0, 0.1) is 5.82 Å². The van der Waals surface area contributed by atoms with E-state index in [-0.39, 0.29) is 10.8 Å². The van der Waals surface area contributed by atoms with E-state index in [1.165, 1.54) is 6.07 Å². The molecule has 0 fully saturated rings. The van der Waals surface area contributed by atoms with E-state index < -0.39 is 16.6 Å². The third-order valence-electron chi connectivity index (χ3n) is 6.62. The second-order valence-electron chi connectivity index (χ2n) is 8.80. The monoisotopic (exact) mass is 517 g/mol. The molecule has 1 unspecified atom stereocenters. The molecule has 0 saturated carbocycles. The number of benzene rings is 3. The molecule has 2 heterocycles. The summed E-state index contributed by atoms with van der Waals surface area (Å²) in [5.74, 6) is 1.07. The number of nitrogens with one attached hydrogen (secondary N) is 1. The van der Waals surface area contributed by atoms with Gasteiger partial charge in [0.25, 0.3) is 5.91 Å². The molecule has 0 radical (unpaired) electrons. The van der Waals surface area contributed by atoms with Crippen LogP contribution in [-0.2, 0) is 23.8 Å². The maximum Gasteiger partial charge on any atom is 0.254 e. The molecule has 0 saturated heterocycles. The smallest absolute Gasteiger partial charge is 0.254 e. The molecule has 1 N–H and O–H groups in total. The molecule has 0 bridgehead atoms. The number of halogens is 1. The lowest BCUT2D eigenvalue weighted by Gasteiger charge is -2.22. The summed E-state index contributed by atoms with van der Waals surface area (Å²) in [5.41, 5.74) is 4.55. The number of hydrogen-bond acceptors (Lipinski definition) is 4. The van der Waals surface area contributed by atoms with Gasteiger partial charge in [0.2, 0.25) is 0 Å². The molecule has 0 spiro atoms. The number of ether oxygens (including phenoxy) is 1. The van der Waals surface area contributed by atoms with Gasteiger partial charge in [-0.1, -0.05) is 44.2 Å². The number of rotatable bonds is 6. The van der Waals surface area contributed by atoms with Crippen molar-refractivity contribution in [3.05, 3.63) is 89.5 Å². The van der Waals surface area contributed by atoms with Gasteiger partial charge < -0.3 is 14.6 Å². The predicted molar refractivity (Wildman–Crippen MR) is 142 cm³/mol. The Morgan fingerprint density at radius 2 is 1.84 bits per heavy atom. The van der Waals surface area contributed by atoms with Crippen LogP contribution < -0.4 is 4.74 Å². The predicted octanol–water partition coefficient (Wildman–Crippen LogP) is 5.61. The highest BCUT2D eigenvalue weighted by Crippen LogP contribution is 2.31. The molecule has 1 aliphatic heterocycles. The summed E-state index contributed by atoms with van der Waals surface area (Å²) >= 11 is 0. The van der Waals surface area contributed by atoms with Crippen LogP contribution in [0.4, 0.5) is 4.39 Å². The fourth-order valence-electron chi connectivity index (χ4n) is 4.64. The van der Waals surface area contributed by atoms with Crippen molar-refractivity contribution in [2.75, 3.05) is 18.9 Å². The quantitative estimate of drug-likeness (QED) is 0.361. The molecule has 6 nitrogen and oxygen atoms in total. The Kier molecular flexibility index (Phi) is 7.19. The number of hydrogen-bond donors (Lipinski definition) is 1. The van der Waals surface area contributed by atoms with E-state index in [0.717, 1.165) is 33.8 Å². The maximum atomic E-state index is 15.2. The number of carbonyl (C=O) groups excluding carboxylic acids is 1. The fourth-order valence-corrected chi connectivity index (χ4v) is 5.49. The number of amides is 1. The van der Waals surface area contributed by atoms with Crippen molar-refractivity contribution < 1.29 is 18.1 Å². The van der Waals surface area contributed by atoms with Crippen LogP contribution >= 0.6 is 0 Å². The zero-order valence-corrected chi connectivity index (χ0v) is 21.6. The van der Waals surface area contributed by atoms with E-state index in [1.807, 2.05) is 42.5 Å². The van der Waals surface area contributed by atoms with E-state index >= 15 is 4.39 Å². The van der Waals surface area contributed by atoms with Gasteiger partial charge in [-0.25, -0.2) is 9.37 Å². The van der Waals surface area contributed by atoms with Gasteiger partial charge in [-0.2, -0.15) is 0 Å². The lowest BCUT2D eigenvalue weighted by Crippen LogP contribution is -2.33. The van der Waals surface area contributed by atoms with Crippen LogP contribution in [0.3, 0.4) is 0 Å². The number of carbonyl (C=O) groups is 1. The standard InChI is InChI=1S/C29H28FN3O3S/c1-3-23-24(10-12-26(27(23)30)37(35)4-2)29(34)33-15-16-36-25-11-9-21(17-22(25)18-33)19-5-7-20(8-6-19)28-31-13-14-32-28/h5-14,17H,3-4,15-16,18H2,1-2H3,(H,31,32). The third kappa shape index (κ3) is 4.93. The summed E-state index contributed by atoms with van der Waals surface area (Å²) in [7, 11) is -1.43. The molecule has 37 heavy (non-hydrogen) atoms. The van der Waals surface area contributed by atoms with Crippen LogP contribution in [0.5, 0.6) is 5.75 Å². The molecule has 3 aromatic carbocycles. The lowest BCUT2D eigenvalue weighted by atomic mass is 10.00. The molecular weight excluding hydrogens is 489 g/mol. The second kappa shape index (κ2) is 10.7. The van der Waals surface area contributed by atoms with Crippen molar-refractivity contribution in [2.24, 2.45) is 0 Å². The molecule has 1 aromatic heterocycles. The third-order valence-corrected chi connectivity index (χ3v) is 7.95. The van der Waals surface area contributed by atoms with Gasteiger partial charge >= 0.3 is 0 Å². The van der Waals surface area contributed by atoms with E-state index in [4.69, 9.17) is 4.74 Å². The molecule has 1 atom stereocenters. The maximum absolute atomic E-state index is 15.2. The van der Waals surface area contributed by atoms with Gasteiger partial charge in [0.1, 0.15) is 24.0 Å². The van der Waals surface area contributed by atoms with Crippen LogP contribution in [0.1, 0.15) is 35.3 Å². The highest BCUT2D eigenvalue weighted by Gasteiger charge is 2.26. The first kappa shape index (κ1) is 24.9. The van der Waals surface area contributed by atoms with E-state index in [2.05, 4.69) is 9.97 Å². The number of nitrogens with zero attached hydrogens (tertiary/aromatic N) is 2. The Hall–Kier alpha value is -3.78.